The smallest absolute Gasteiger partial charge is 0.0756 e. The summed E-state index contributed by atoms with van der Waals surface area (Å²) in [6.45, 7) is 9.68. The van der Waals surface area contributed by atoms with Gasteiger partial charge in [-0.2, -0.15) is 0 Å². The van der Waals surface area contributed by atoms with Gasteiger partial charge < -0.3 is 4.52 Å². The Kier molecular flexibility index (Phi) is 6.72. The lowest BCUT2D eigenvalue weighted by Gasteiger charge is -2.29. The molecular formula is C14H24NOP. The zero-order valence-electron chi connectivity index (χ0n) is 11.3. The highest BCUT2D eigenvalue weighted by Crippen LogP contribution is 2.20. The van der Waals surface area contributed by atoms with Crippen LogP contribution in [0.3, 0.4) is 0 Å². The Morgan fingerprint density at radius 3 is 2.18 bits per heavy atom. The van der Waals surface area contributed by atoms with Crippen LogP contribution in [0.4, 0.5) is 0 Å². The molecule has 0 bridgehead atoms. The second-order valence-electron chi connectivity index (χ2n) is 4.78. The summed E-state index contributed by atoms with van der Waals surface area (Å²) in [5, 5.41) is 0. The van der Waals surface area contributed by atoms with Gasteiger partial charge in [0.25, 0.3) is 0 Å². The van der Waals surface area contributed by atoms with Gasteiger partial charge in [-0.1, -0.05) is 30.3 Å². The van der Waals surface area contributed by atoms with Gasteiger partial charge in [0.1, 0.15) is 0 Å². The van der Waals surface area contributed by atoms with Gasteiger partial charge in [-0.05, 0) is 33.3 Å². The van der Waals surface area contributed by atoms with E-state index in [4.69, 9.17) is 4.52 Å². The van der Waals surface area contributed by atoms with Gasteiger partial charge in [-0.15, -0.1) is 0 Å². The predicted molar refractivity (Wildman–Crippen MR) is 76.5 cm³/mol. The van der Waals surface area contributed by atoms with Crippen LogP contribution in [0, 0.1) is 0 Å². The molecule has 0 aliphatic carbocycles. The zero-order valence-corrected chi connectivity index (χ0v) is 12.3. The van der Waals surface area contributed by atoms with Crippen molar-refractivity contribution in [1.29, 1.82) is 0 Å². The fraction of sp³-hybridized carbons (Fsp3) is 0.571. The molecule has 2 nitrogen and oxygen atoms in total. The van der Waals surface area contributed by atoms with Crippen LogP contribution < -0.4 is 0 Å². The third-order valence-corrected chi connectivity index (χ3v) is 3.60. The molecule has 0 fully saturated rings. The number of hydrogen-bond acceptors (Lipinski definition) is 2. The molecule has 1 unspecified atom stereocenters. The normalized spacial score (nSPS) is 12.4. The largest absolute Gasteiger partial charge is 0.356 e. The van der Waals surface area contributed by atoms with Crippen LogP contribution in [0.5, 0.6) is 0 Å². The number of hydrogen-bond donors (Lipinski definition) is 0. The first kappa shape index (κ1) is 14.6. The van der Waals surface area contributed by atoms with E-state index in [0.29, 0.717) is 20.9 Å². The van der Waals surface area contributed by atoms with Crippen molar-refractivity contribution >= 4 is 8.81 Å². The summed E-state index contributed by atoms with van der Waals surface area (Å²) in [7, 11) is 0.550. The van der Waals surface area contributed by atoms with E-state index in [1.165, 1.54) is 5.56 Å². The van der Waals surface area contributed by atoms with Crippen molar-refractivity contribution in [3.05, 3.63) is 35.9 Å². The lowest BCUT2D eigenvalue weighted by atomic mass is 10.2. The first-order valence-electron chi connectivity index (χ1n) is 6.25. The van der Waals surface area contributed by atoms with Crippen LogP contribution in [0.15, 0.2) is 30.3 Å². The zero-order chi connectivity index (χ0) is 12.7. The van der Waals surface area contributed by atoms with Crippen molar-refractivity contribution in [3.63, 3.8) is 0 Å². The topological polar surface area (TPSA) is 12.5 Å². The molecular weight excluding hydrogens is 229 g/mol. The number of rotatable bonds is 7. The molecule has 1 rings (SSSR count). The van der Waals surface area contributed by atoms with E-state index in [1.54, 1.807) is 0 Å². The molecule has 0 heterocycles. The molecule has 17 heavy (non-hydrogen) atoms. The molecule has 1 aromatic carbocycles. The van der Waals surface area contributed by atoms with Crippen LogP contribution in [0.25, 0.3) is 0 Å². The molecule has 1 aromatic rings. The summed E-state index contributed by atoms with van der Waals surface area (Å²) >= 11 is 0. The van der Waals surface area contributed by atoms with Gasteiger partial charge in [0.2, 0.25) is 0 Å². The summed E-state index contributed by atoms with van der Waals surface area (Å²) in [5.74, 6) is 0. The minimum Gasteiger partial charge on any atom is -0.356 e. The van der Waals surface area contributed by atoms with Crippen molar-refractivity contribution in [3.8, 4) is 0 Å². The van der Waals surface area contributed by atoms with Gasteiger partial charge in [-0.3, -0.25) is 4.90 Å². The summed E-state index contributed by atoms with van der Waals surface area (Å²) < 4.78 is 5.74. The van der Waals surface area contributed by atoms with E-state index in [2.05, 4.69) is 56.9 Å². The average molecular weight is 253 g/mol. The van der Waals surface area contributed by atoms with Crippen LogP contribution in [0.1, 0.15) is 33.3 Å². The molecule has 0 aliphatic rings. The van der Waals surface area contributed by atoms with Crippen molar-refractivity contribution in [2.45, 2.75) is 46.4 Å². The van der Waals surface area contributed by atoms with Gasteiger partial charge in [0.05, 0.1) is 6.61 Å². The maximum Gasteiger partial charge on any atom is 0.0756 e. The van der Waals surface area contributed by atoms with E-state index in [-0.39, 0.29) is 0 Å². The molecule has 0 spiro atoms. The highest BCUT2D eigenvalue weighted by atomic mass is 31.1. The third-order valence-electron chi connectivity index (χ3n) is 2.76. The Bertz CT molecular complexity index is 292. The molecule has 0 aromatic heterocycles. The molecule has 3 heteroatoms. The molecule has 96 valence electrons. The molecule has 0 aliphatic heterocycles. The lowest BCUT2D eigenvalue weighted by Crippen LogP contribution is -2.36. The molecule has 0 radical (unpaired) electrons. The Balaban J connectivity index is 2.23. The van der Waals surface area contributed by atoms with Crippen LogP contribution in [-0.2, 0) is 11.1 Å². The molecule has 0 amide bonds. The van der Waals surface area contributed by atoms with Gasteiger partial charge >= 0.3 is 0 Å². The van der Waals surface area contributed by atoms with Crippen molar-refractivity contribution in [2.75, 3.05) is 6.29 Å². The highest BCUT2D eigenvalue weighted by molar-refractivity contribution is 7.32. The van der Waals surface area contributed by atoms with Crippen LogP contribution in [-0.4, -0.2) is 23.3 Å². The Morgan fingerprint density at radius 1 is 1.06 bits per heavy atom. The maximum absolute atomic E-state index is 5.74. The van der Waals surface area contributed by atoms with E-state index < -0.39 is 0 Å². The highest BCUT2D eigenvalue weighted by Gasteiger charge is 2.12. The van der Waals surface area contributed by atoms with Gasteiger partial charge in [-0.25, -0.2) is 0 Å². The van der Waals surface area contributed by atoms with E-state index in [0.717, 1.165) is 12.9 Å². The standard InChI is InChI=1S/C14H24NOP/c1-12(2)15(13(3)4)11-17-16-10-14-8-6-5-7-9-14/h5-9,12-13,17H,10-11H2,1-4H3. The molecule has 1 atom stereocenters. The van der Waals surface area contributed by atoms with Crippen LogP contribution >= 0.6 is 8.81 Å². The minimum absolute atomic E-state index is 0.550. The number of benzene rings is 1. The fourth-order valence-corrected chi connectivity index (χ4v) is 3.03. The first-order valence-corrected chi connectivity index (χ1v) is 7.37. The van der Waals surface area contributed by atoms with E-state index >= 15 is 0 Å². The second kappa shape index (κ2) is 7.81. The van der Waals surface area contributed by atoms with Gasteiger partial charge in [0.15, 0.2) is 0 Å². The molecule has 0 saturated carbocycles. The quantitative estimate of drug-likeness (QED) is 0.540. The van der Waals surface area contributed by atoms with Crippen LogP contribution in [0.2, 0.25) is 0 Å². The summed E-state index contributed by atoms with van der Waals surface area (Å²) in [5.41, 5.74) is 1.25. The minimum atomic E-state index is 0.550. The maximum atomic E-state index is 5.74. The fourth-order valence-electron chi connectivity index (χ4n) is 1.79. The third kappa shape index (κ3) is 5.63. The van der Waals surface area contributed by atoms with E-state index in [9.17, 15) is 0 Å². The summed E-state index contributed by atoms with van der Waals surface area (Å²) in [4.78, 5) is 2.46. The Hall–Kier alpha value is -0.430. The van der Waals surface area contributed by atoms with Crippen molar-refractivity contribution < 1.29 is 4.52 Å². The number of nitrogens with zero attached hydrogens (tertiary/aromatic N) is 1. The predicted octanol–water partition coefficient (Wildman–Crippen LogP) is 3.87. The summed E-state index contributed by atoms with van der Waals surface area (Å²) in [6, 6.07) is 11.5. The monoisotopic (exact) mass is 253 g/mol. The molecule has 0 saturated heterocycles. The average Bonchev–Trinajstić information content (AvgIpc) is 2.29. The lowest BCUT2D eigenvalue weighted by molar-refractivity contribution is 0.202. The Labute approximate surface area is 107 Å². The summed E-state index contributed by atoms with van der Waals surface area (Å²) in [6.07, 6.45) is 1.03. The van der Waals surface area contributed by atoms with Gasteiger partial charge in [0, 0.05) is 27.2 Å². The molecule has 0 N–H and O–H groups in total. The first-order chi connectivity index (χ1) is 8.11. The Morgan fingerprint density at radius 2 is 1.65 bits per heavy atom. The van der Waals surface area contributed by atoms with E-state index in [1.807, 2.05) is 6.07 Å². The van der Waals surface area contributed by atoms with Crippen molar-refractivity contribution in [1.82, 2.24) is 4.90 Å². The second-order valence-corrected chi connectivity index (χ2v) is 5.67. The SMILES string of the molecule is CC(C)N(CPOCc1ccccc1)C(C)C. The van der Waals surface area contributed by atoms with Crippen molar-refractivity contribution in [2.24, 2.45) is 0 Å².